The molecular weight excluding hydrogens is 272 g/mol. The SMILES string of the molecule is CCOC(=O)C1COc2c(Br)cccc2C1. The van der Waals surface area contributed by atoms with Crippen molar-refractivity contribution in [3.8, 4) is 5.75 Å². The summed E-state index contributed by atoms with van der Waals surface area (Å²) in [6.45, 7) is 2.63. The summed E-state index contributed by atoms with van der Waals surface area (Å²) in [5.74, 6) is 0.498. The first kappa shape index (κ1) is 11.5. The van der Waals surface area contributed by atoms with Gasteiger partial charge in [0.15, 0.2) is 0 Å². The van der Waals surface area contributed by atoms with Crippen LogP contribution in [0, 0.1) is 5.92 Å². The van der Waals surface area contributed by atoms with E-state index in [1.165, 1.54) is 0 Å². The molecule has 0 saturated heterocycles. The average Bonchev–Trinajstić information content (AvgIpc) is 2.29. The topological polar surface area (TPSA) is 35.5 Å². The number of hydrogen-bond donors (Lipinski definition) is 0. The van der Waals surface area contributed by atoms with Gasteiger partial charge in [-0.25, -0.2) is 0 Å². The van der Waals surface area contributed by atoms with Crippen LogP contribution in [0.3, 0.4) is 0 Å². The predicted molar refractivity (Wildman–Crippen MR) is 63.5 cm³/mol. The lowest BCUT2D eigenvalue weighted by molar-refractivity contribution is -0.149. The number of esters is 1. The smallest absolute Gasteiger partial charge is 0.312 e. The second kappa shape index (κ2) is 4.87. The van der Waals surface area contributed by atoms with Gasteiger partial charge in [0, 0.05) is 0 Å². The first-order chi connectivity index (χ1) is 7.72. The Morgan fingerprint density at radius 2 is 2.44 bits per heavy atom. The van der Waals surface area contributed by atoms with Crippen molar-refractivity contribution in [2.75, 3.05) is 13.2 Å². The van der Waals surface area contributed by atoms with Gasteiger partial charge in [-0.15, -0.1) is 0 Å². The van der Waals surface area contributed by atoms with Crippen molar-refractivity contribution in [3.63, 3.8) is 0 Å². The molecule has 1 heterocycles. The van der Waals surface area contributed by atoms with Crippen LogP contribution < -0.4 is 4.74 Å². The minimum absolute atomic E-state index is 0.173. The zero-order valence-electron chi connectivity index (χ0n) is 9.03. The number of ether oxygens (including phenoxy) is 2. The van der Waals surface area contributed by atoms with Crippen LogP contribution in [-0.2, 0) is 16.0 Å². The van der Waals surface area contributed by atoms with E-state index in [1.54, 1.807) is 0 Å². The summed E-state index contributed by atoms with van der Waals surface area (Å²) in [7, 11) is 0. The standard InChI is InChI=1S/C12H13BrO3/c1-2-15-12(14)9-6-8-4-3-5-10(13)11(8)16-7-9/h3-5,9H,2,6-7H2,1H3. The fourth-order valence-electron chi connectivity index (χ4n) is 1.80. The minimum Gasteiger partial charge on any atom is -0.491 e. The number of carbonyl (C=O) groups is 1. The number of rotatable bonds is 2. The van der Waals surface area contributed by atoms with Gasteiger partial charge in [-0.2, -0.15) is 0 Å². The van der Waals surface area contributed by atoms with Gasteiger partial charge < -0.3 is 9.47 Å². The molecule has 2 rings (SSSR count). The Morgan fingerprint density at radius 3 is 3.19 bits per heavy atom. The van der Waals surface area contributed by atoms with Gasteiger partial charge in [0.2, 0.25) is 0 Å². The highest BCUT2D eigenvalue weighted by atomic mass is 79.9. The number of carbonyl (C=O) groups excluding carboxylic acids is 1. The molecule has 0 amide bonds. The molecule has 0 spiro atoms. The van der Waals surface area contributed by atoms with Crippen molar-refractivity contribution in [2.24, 2.45) is 5.92 Å². The van der Waals surface area contributed by atoms with Crippen molar-refractivity contribution >= 4 is 21.9 Å². The molecule has 1 unspecified atom stereocenters. The molecule has 0 saturated carbocycles. The Bertz CT molecular complexity index is 403. The molecule has 0 N–H and O–H groups in total. The fraction of sp³-hybridized carbons (Fsp3) is 0.417. The molecule has 86 valence electrons. The van der Waals surface area contributed by atoms with Crippen molar-refractivity contribution in [3.05, 3.63) is 28.2 Å². The summed E-state index contributed by atoms with van der Waals surface area (Å²) >= 11 is 3.43. The molecule has 0 aromatic heterocycles. The second-order valence-corrected chi connectivity index (χ2v) is 4.55. The highest BCUT2D eigenvalue weighted by molar-refractivity contribution is 9.10. The molecule has 1 atom stereocenters. The third kappa shape index (κ3) is 2.21. The van der Waals surface area contributed by atoms with Crippen LogP contribution in [0.15, 0.2) is 22.7 Å². The zero-order valence-corrected chi connectivity index (χ0v) is 10.6. The Labute approximate surface area is 103 Å². The highest BCUT2D eigenvalue weighted by Gasteiger charge is 2.27. The number of benzene rings is 1. The van der Waals surface area contributed by atoms with E-state index < -0.39 is 0 Å². The summed E-state index contributed by atoms with van der Waals surface area (Å²) < 4.78 is 11.5. The van der Waals surface area contributed by atoms with Gasteiger partial charge in [0.1, 0.15) is 12.4 Å². The van der Waals surface area contributed by atoms with E-state index in [4.69, 9.17) is 9.47 Å². The Morgan fingerprint density at radius 1 is 1.62 bits per heavy atom. The average molecular weight is 285 g/mol. The first-order valence-corrected chi connectivity index (χ1v) is 6.08. The maximum absolute atomic E-state index is 11.6. The fourth-order valence-corrected chi connectivity index (χ4v) is 2.32. The second-order valence-electron chi connectivity index (χ2n) is 3.69. The third-order valence-electron chi connectivity index (χ3n) is 2.56. The normalized spacial score (nSPS) is 18.5. The van der Waals surface area contributed by atoms with Gasteiger partial charge in [0.05, 0.1) is 17.0 Å². The van der Waals surface area contributed by atoms with Crippen LogP contribution >= 0.6 is 15.9 Å². The molecule has 3 nitrogen and oxygen atoms in total. The summed E-state index contributed by atoms with van der Waals surface area (Å²) in [6.07, 6.45) is 0.688. The Hall–Kier alpha value is -1.03. The number of hydrogen-bond acceptors (Lipinski definition) is 3. The third-order valence-corrected chi connectivity index (χ3v) is 3.19. The van der Waals surface area contributed by atoms with Crippen LogP contribution in [0.25, 0.3) is 0 Å². The van der Waals surface area contributed by atoms with Gasteiger partial charge in [0.25, 0.3) is 0 Å². The molecule has 4 heteroatoms. The molecule has 0 aliphatic carbocycles. The molecule has 1 aromatic carbocycles. The number of para-hydroxylation sites is 1. The number of halogens is 1. The molecular formula is C12H13BrO3. The van der Waals surface area contributed by atoms with Crippen LogP contribution in [0.4, 0.5) is 0 Å². The van der Waals surface area contributed by atoms with Crippen molar-refractivity contribution in [1.82, 2.24) is 0 Å². The van der Waals surface area contributed by atoms with Crippen LogP contribution in [0.5, 0.6) is 5.75 Å². The van der Waals surface area contributed by atoms with E-state index in [-0.39, 0.29) is 11.9 Å². The molecule has 0 bridgehead atoms. The van der Waals surface area contributed by atoms with E-state index in [2.05, 4.69) is 15.9 Å². The summed E-state index contributed by atoms with van der Waals surface area (Å²) in [4.78, 5) is 11.6. The molecule has 1 aliphatic heterocycles. The van der Waals surface area contributed by atoms with E-state index in [0.717, 1.165) is 15.8 Å². The molecule has 16 heavy (non-hydrogen) atoms. The lowest BCUT2D eigenvalue weighted by Crippen LogP contribution is -2.29. The summed E-state index contributed by atoms with van der Waals surface area (Å²) in [6, 6.07) is 5.86. The summed E-state index contributed by atoms with van der Waals surface area (Å²) in [5.41, 5.74) is 1.05. The monoisotopic (exact) mass is 284 g/mol. The largest absolute Gasteiger partial charge is 0.491 e. The first-order valence-electron chi connectivity index (χ1n) is 5.29. The van der Waals surface area contributed by atoms with Gasteiger partial charge in [-0.3, -0.25) is 4.79 Å². The maximum atomic E-state index is 11.6. The lowest BCUT2D eigenvalue weighted by atomic mass is 9.97. The number of fused-ring (bicyclic) bond motifs is 1. The van der Waals surface area contributed by atoms with Gasteiger partial charge in [-0.1, -0.05) is 12.1 Å². The van der Waals surface area contributed by atoms with E-state index in [1.807, 2.05) is 25.1 Å². The quantitative estimate of drug-likeness (QED) is 0.783. The van der Waals surface area contributed by atoms with Gasteiger partial charge in [-0.05, 0) is 40.9 Å². The van der Waals surface area contributed by atoms with Gasteiger partial charge >= 0.3 is 5.97 Å². The predicted octanol–water partition coefficient (Wildman–Crippen LogP) is 2.56. The van der Waals surface area contributed by atoms with E-state index in [0.29, 0.717) is 19.6 Å². The maximum Gasteiger partial charge on any atom is 0.312 e. The van der Waals surface area contributed by atoms with Crippen molar-refractivity contribution in [1.29, 1.82) is 0 Å². The molecule has 1 aliphatic rings. The lowest BCUT2D eigenvalue weighted by Gasteiger charge is -2.24. The molecule has 0 radical (unpaired) electrons. The zero-order chi connectivity index (χ0) is 11.5. The van der Waals surface area contributed by atoms with E-state index >= 15 is 0 Å². The van der Waals surface area contributed by atoms with Crippen molar-refractivity contribution in [2.45, 2.75) is 13.3 Å². The highest BCUT2D eigenvalue weighted by Crippen LogP contribution is 2.34. The summed E-state index contributed by atoms with van der Waals surface area (Å²) in [5, 5.41) is 0. The Kier molecular flexibility index (Phi) is 3.49. The molecule has 0 fully saturated rings. The van der Waals surface area contributed by atoms with Crippen LogP contribution in [0.1, 0.15) is 12.5 Å². The minimum atomic E-state index is -0.179. The Balaban J connectivity index is 2.15. The van der Waals surface area contributed by atoms with Crippen molar-refractivity contribution < 1.29 is 14.3 Å². The van der Waals surface area contributed by atoms with Crippen LogP contribution in [0.2, 0.25) is 0 Å². The van der Waals surface area contributed by atoms with Crippen LogP contribution in [-0.4, -0.2) is 19.2 Å². The molecule has 1 aromatic rings. The van der Waals surface area contributed by atoms with E-state index in [9.17, 15) is 4.79 Å².